The van der Waals surface area contributed by atoms with Gasteiger partial charge in [0.1, 0.15) is 5.60 Å². The van der Waals surface area contributed by atoms with Crippen molar-refractivity contribution in [1.82, 2.24) is 10.6 Å². The molecule has 4 fully saturated rings. The Morgan fingerprint density at radius 2 is 1.41 bits per heavy atom. The van der Waals surface area contributed by atoms with E-state index >= 15 is 0 Å². The van der Waals surface area contributed by atoms with Gasteiger partial charge in [0.25, 0.3) is 0 Å². The Bertz CT molecular complexity index is 715. The van der Waals surface area contributed by atoms with E-state index in [0.717, 1.165) is 37.0 Å². The highest BCUT2D eigenvalue weighted by Gasteiger charge is 2.53. The fraction of sp³-hybridized carbons (Fsp3) is 0.875. The van der Waals surface area contributed by atoms with Crippen LogP contribution >= 0.6 is 0 Å². The van der Waals surface area contributed by atoms with Gasteiger partial charge in [-0.3, -0.25) is 0 Å². The minimum atomic E-state index is -1.76. The highest BCUT2D eigenvalue weighted by atomic mass is 16.6. The number of carboxylic acids is 1. The maximum atomic E-state index is 12.8. The number of carboxylic acid groups (broad SMARTS) is 1. The summed E-state index contributed by atoms with van der Waals surface area (Å²) in [6.07, 6.45) is 5.68. The maximum Gasteiger partial charge on any atom is 0.408 e. The quantitative estimate of drug-likeness (QED) is 0.553. The predicted molar refractivity (Wildman–Crippen MR) is 119 cm³/mol. The number of rotatable bonds is 6. The fourth-order valence-electron chi connectivity index (χ4n) is 6.36. The Balaban J connectivity index is 1.65. The van der Waals surface area contributed by atoms with Gasteiger partial charge in [0.2, 0.25) is 0 Å². The van der Waals surface area contributed by atoms with E-state index in [2.05, 4.69) is 10.6 Å². The number of nitrogens with one attached hydrogen (secondary N) is 2. The Morgan fingerprint density at radius 1 is 0.906 bits per heavy atom. The standard InChI is InChI=1S/C24H40N2O6/c1-21(2,3)24(18(27)28,13-25-19(29)32-22(4,5)6)26-20(30)31-14-23-10-15-7-16(11-23)9-17(8-15)12-23/h15-17H,7-14H2,1-6H3,(H,25,29)(H,26,30)(H,27,28)/t15?,16?,17?,23?,24-/m0/s1. The van der Waals surface area contributed by atoms with Gasteiger partial charge in [-0.1, -0.05) is 20.8 Å². The zero-order chi connectivity index (χ0) is 23.9. The average Bonchev–Trinajstić information content (AvgIpc) is 2.59. The number of ether oxygens (including phenoxy) is 2. The number of alkyl carbamates (subject to hydrolysis) is 2. The number of amides is 2. The van der Waals surface area contributed by atoms with Crippen LogP contribution in [0.15, 0.2) is 0 Å². The lowest BCUT2D eigenvalue weighted by Crippen LogP contribution is -2.68. The molecule has 0 aliphatic heterocycles. The van der Waals surface area contributed by atoms with E-state index in [4.69, 9.17) is 9.47 Å². The monoisotopic (exact) mass is 452 g/mol. The molecule has 0 aromatic heterocycles. The first-order chi connectivity index (χ1) is 14.6. The third-order valence-corrected chi connectivity index (χ3v) is 7.53. The lowest BCUT2D eigenvalue weighted by molar-refractivity contribution is -0.149. The van der Waals surface area contributed by atoms with Gasteiger partial charge in [0, 0.05) is 5.41 Å². The summed E-state index contributed by atoms with van der Waals surface area (Å²) >= 11 is 0. The van der Waals surface area contributed by atoms with E-state index < -0.39 is 34.7 Å². The van der Waals surface area contributed by atoms with Gasteiger partial charge in [-0.05, 0) is 82.5 Å². The van der Waals surface area contributed by atoms with E-state index in [1.165, 1.54) is 19.3 Å². The molecule has 0 radical (unpaired) electrons. The van der Waals surface area contributed by atoms with Crippen molar-refractivity contribution in [3.05, 3.63) is 0 Å². The number of aliphatic carboxylic acids is 1. The zero-order valence-corrected chi connectivity index (χ0v) is 20.4. The van der Waals surface area contributed by atoms with Crippen molar-refractivity contribution >= 4 is 18.2 Å². The molecule has 2 amide bonds. The number of hydrogen-bond acceptors (Lipinski definition) is 5. The van der Waals surface area contributed by atoms with Crippen LogP contribution in [0.3, 0.4) is 0 Å². The first kappa shape index (κ1) is 24.6. The second-order valence-corrected chi connectivity index (χ2v) is 12.4. The summed E-state index contributed by atoms with van der Waals surface area (Å²) in [5.74, 6) is 0.962. The topological polar surface area (TPSA) is 114 Å². The average molecular weight is 453 g/mol. The van der Waals surface area contributed by atoms with Crippen molar-refractivity contribution in [3.63, 3.8) is 0 Å². The molecule has 4 saturated carbocycles. The van der Waals surface area contributed by atoms with E-state index in [1.54, 1.807) is 41.5 Å². The Hall–Kier alpha value is -1.99. The molecule has 4 aliphatic rings. The van der Waals surface area contributed by atoms with Crippen LogP contribution < -0.4 is 10.6 Å². The normalized spacial score (nSPS) is 30.9. The van der Waals surface area contributed by atoms with Crippen LogP contribution in [0.1, 0.15) is 80.1 Å². The van der Waals surface area contributed by atoms with Crippen molar-refractivity contribution in [2.45, 2.75) is 91.2 Å². The van der Waals surface area contributed by atoms with Crippen molar-refractivity contribution in [2.75, 3.05) is 13.2 Å². The fourth-order valence-corrected chi connectivity index (χ4v) is 6.36. The van der Waals surface area contributed by atoms with Crippen LogP contribution in [0.25, 0.3) is 0 Å². The van der Waals surface area contributed by atoms with Gasteiger partial charge in [-0.25, -0.2) is 14.4 Å². The van der Waals surface area contributed by atoms with Crippen molar-refractivity contribution < 1.29 is 29.0 Å². The predicted octanol–water partition coefficient (Wildman–Crippen LogP) is 4.32. The summed E-state index contributed by atoms with van der Waals surface area (Å²) in [4.78, 5) is 37.4. The summed E-state index contributed by atoms with van der Waals surface area (Å²) in [6, 6.07) is 0. The maximum absolute atomic E-state index is 12.8. The van der Waals surface area contributed by atoms with Gasteiger partial charge in [0.05, 0.1) is 13.2 Å². The van der Waals surface area contributed by atoms with Crippen LogP contribution in [0, 0.1) is 28.6 Å². The summed E-state index contributed by atoms with van der Waals surface area (Å²) in [5, 5.41) is 15.2. The third-order valence-electron chi connectivity index (χ3n) is 7.53. The van der Waals surface area contributed by atoms with Crippen LogP contribution in [-0.4, -0.2) is 47.6 Å². The summed E-state index contributed by atoms with van der Waals surface area (Å²) in [5.41, 5.74) is -3.35. The third kappa shape index (κ3) is 5.31. The van der Waals surface area contributed by atoms with Gasteiger partial charge < -0.3 is 25.2 Å². The van der Waals surface area contributed by atoms with Crippen molar-refractivity contribution in [2.24, 2.45) is 28.6 Å². The van der Waals surface area contributed by atoms with E-state index in [-0.39, 0.29) is 12.0 Å². The molecule has 0 unspecified atom stereocenters. The zero-order valence-electron chi connectivity index (χ0n) is 20.4. The molecule has 0 spiro atoms. The second-order valence-electron chi connectivity index (χ2n) is 12.4. The number of carbonyl (C=O) groups excluding carboxylic acids is 2. The molecule has 0 aromatic rings. The second kappa shape index (κ2) is 8.41. The summed E-state index contributed by atoms with van der Waals surface area (Å²) in [6.45, 7) is 10.3. The summed E-state index contributed by atoms with van der Waals surface area (Å²) in [7, 11) is 0. The summed E-state index contributed by atoms with van der Waals surface area (Å²) < 4.78 is 10.9. The molecule has 182 valence electrons. The van der Waals surface area contributed by atoms with Crippen molar-refractivity contribution in [3.8, 4) is 0 Å². The van der Waals surface area contributed by atoms with Crippen LogP contribution in [0.2, 0.25) is 0 Å². The highest BCUT2D eigenvalue weighted by molar-refractivity contribution is 5.86. The smallest absolute Gasteiger partial charge is 0.408 e. The molecule has 0 aromatic carbocycles. The molecular formula is C24H40N2O6. The number of carbonyl (C=O) groups is 3. The molecule has 4 bridgehead atoms. The molecule has 1 atom stereocenters. The Morgan fingerprint density at radius 3 is 1.81 bits per heavy atom. The van der Waals surface area contributed by atoms with Crippen LogP contribution in [0.5, 0.6) is 0 Å². The largest absolute Gasteiger partial charge is 0.479 e. The Kier molecular flexibility index (Phi) is 6.48. The molecular weight excluding hydrogens is 412 g/mol. The van der Waals surface area contributed by atoms with Gasteiger partial charge in [0.15, 0.2) is 5.54 Å². The number of hydrogen-bond donors (Lipinski definition) is 3. The minimum Gasteiger partial charge on any atom is -0.479 e. The van der Waals surface area contributed by atoms with Crippen LogP contribution in [0.4, 0.5) is 9.59 Å². The minimum absolute atomic E-state index is 0.0362. The lowest BCUT2D eigenvalue weighted by Gasteiger charge is -2.56. The van der Waals surface area contributed by atoms with Crippen LogP contribution in [-0.2, 0) is 14.3 Å². The molecule has 8 nitrogen and oxygen atoms in total. The van der Waals surface area contributed by atoms with Gasteiger partial charge in [-0.2, -0.15) is 0 Å². The van der Waals surface area contributed by atoms with Gasteiger partial charge in [-0.15, -0.1) is 0 Å². The molecule has 0 heterocycles. The molecule has 32 heavy (non-hydrogen) atoms. The van der Waals surface area contributed by atoms with E-state index in [9.17, 15) is 19.5 Å². The first-order valence-corrected chi connectivity index (χ1v) is 11.8. The molecule has 8 heteroatoms. The Labute approximate surface area is 191 Å². The molecule has 4 rings (SSSR count). The van der Waals surface area contributed by atoms with Crippen molar-refractivity contribution in [1.29, 1.82) is 0 Å². The van der Waals surface area contributed by atoms with Gasteiger partial charge >= 0.3 is 18.2 Å². The van der Waals surface area contributed by atoms with E-state index in [0.29, 0.717) is 6.61 Å². The SMILES string of the molecule is CC(C)(C)OC(=O)NC[C@](NC(=O)OCC12CC3CC(CC(C3)C1)C2)(C(=O)O)C(C)(C)C. The molecule has 0 saturated heterocycles. The molecule has 4 aliphatic carbocycles. The lowest BCUT2D eigenvalue weighted by atomic mass is 9.50. The highest BCUT2D eigenvalue weighted by Crippen LogP contribution is 2.60. The van der Waals surface area contributed by atoms with E-state index in [1.807, 2.05) is 0 Å². The molecule has 3 N–H and O–H groups in total. The first-order valence-electron chi connectivity index (χ1n) is 11.8.